The molecule has 0 atom stereocenters. The predicted octanol–water partition coefficient (Wildman–Crippen LogP) is 1.71. The van der Waals surface area contributed by atoms with E-state index in [0.717, 1.165) is 11.6 Å². The number of pyridine rings is 1. The van der Waals surface area contributed by atoms with Gasteiger partial charge in [-0.1, -0.05) is 17.7 Å². The Hall–Kier alpha value is -2.66. The SMILES string of the molecule is Cc1ccc(S(=O)(=O)N2CCN(C(=O)Cn3cc(C(F)(F)F)ccc3=O)CC2)cc1. The van der Waals surface area contributed by atoms with Gasteiger partial charge in [0.05, 0.1) is 10.5 Å². The maximum absolute atomic E-state index is 12.8. The molecule has 0 aliphatic carbocycles. The van der Waals surface area contributed by atoms with Crippen LogP contribution >= 0.6 is 0 Å². The lowest BCUT2D eigenvalue weighted by Gasteiger charge is -2.34. The molecule has 0 bridgehead atoms. The molecule has 1 aromatic heterocycles. The van der Waals surface area contributed by atoms with E-state index in [1.54, 1.807) is 12.1 Å². The Morgan fingerprint density at radius 2 is 1.60 bits per heavy atom. The lowest BCUT2D eigenvalue weighted by molar-refractivity contribution is -0.139. The maximum Gasteiger partial charge on any atom is 0.417 e. The molecule has 1 aliphatic rings. The van der Waals surface area contributed by atoms with Gasteiger partial charge in [-0.3, -0.25) is 9.59 Å². The first-order valence-electron chi connectivity index (χ1n) is 9.11. The van der Waals surface area contributed by atoms with Crippen molar-refractivity contribution in [2.24, 2.45) is 0 Å². The van der Waals surface area contributed by atoms with Gasteiger partial charge in [0.25, 0.3) is 5.56 Å². The van der Waals surface area contributed by atoms with Crippen molar-refractivity contribution in [3.05, 3.63) is 64.1 Å². The van der Waals surface area contributed by atoms with E-state index in [1.165, 1.54) is 21.3 Å². The molecule has 11 heteroatoms. The summed E-state index contributed by atoms with van der Waals surface area (Å²) in [4.78, 5) is 25.8. The van der Waals surface area contributed by atoms with Crippen molar-refractivity contribution in [1.82, 2.24) is 13.8 Å². The second-order valence-corrected chi connectivity index (χ2v) is 8.92. The van der Waals surface area contributed by atoms with Crippen LogP contribution in [0.25, 0.3) is 0 Å². The van der Waals surface area contributed by atoms with Gasteiger partial charge >= 0.3 is 6.18 Å². The second-order valence-electron chi connectivity index (χ2n) is 6.98. The monoisotopic (exact) mass is 443 g/mol. The molecule has 2 heterocycles. The third kappa shape index (κ3) is 4.73. The van der Waals surface area contributed by atoms with Gasteiger partial charge in [-0.25, -0.2) is 8.42 Å². The fourth-order valence-electron chi connectivity index (χ4n) is 3.11. The standard InChI is InChI=1S/C19H20F3N3O4S/c1-14-2-5-16(6-3-14)30(28,29)25-10-8-23(9-11-25)18(27)13-24-12-15(19(20,21)22)4-7-17(24)26/h2-7,12H,8-11,13H2,1H3. The molecule has 2 aromatic rings. The molecule has 0 saturated carbocycles. The minimum absolute atomic E-state index is 0.0550. The lowest BCUT2D eigenvalue weighted by Crippen LogP contribution is -2.51. The van der Waals surface area contributed by atoms with Crippen LogP contribution in [0.5, 0.6) is 0 Å². The van der Waals surface area contributed by atoms with E-state index in [4.69, 9.17) is 0 Å². The third-order valence-electron chi connectivity index (χ3n) is 4.87. The normalized spacial score (nSPS) is 15.9. The number of hydrogen-bond acceptors (Lipinski definition) is 4. The summed E-state index contributed by atoms with van der Waals surface area (Å²) in [6, 6.07) is 7.85. The first-order valence-corrected chi connectivity index (χ1v) is 10.5. The van der Waals surface area contributed by atoms with Crippen molar-refractivity contribution < 1.29 is 26.4 Å². The molecule has 0 radical (unpaired) electrons. The van der Waals surface area contributed by atoms with Gasteiger partial charge in [-0.05, 0) is 25.1 Å². The molecule has 0 unspecified atom stereocenters. The molecule has 1 aliphatic heterocycles. The molecule has 30 heavy (non-hydrogen) atoms. The number of sulfonamides is 1. The minimum atomic E-state index is -4.63. The third-order valence-corrected chi connectivity index (χ3v) is 6.78. The van der Waals surface area contributed by atoms with Gasteiger partial charge in [0.2, 0.25) is 15.9 Å². The molecule has 7 nitrogen and oxygen atoms in total. The zero-order chi connectivity index (χ0) is 22.1. The molecule has 3 rings (SSSR count). The van der Waals surface area contributed by atoms with Crippen LogP contribution in [0.1, 0.15) is 11.1 Å². The number of halogens is 3. The number of hydrogen-bond donors (Lipinski definition) is 0. The van der Waals surface area contributed by atoms with Crippen LogP contribution in [0, 0.1) is 6.92 Å². The summed E-state index contributed by atoms with van der Waals surface area (Å²) in [6.07, 6.45) is -4.02. The van der Waals surface area contributed by atoms with E-state index in [1.807, 2.05) is 6.92 Å². The number of rotatable bonds is 4. The summed E-state index contributed by atoms with van der Waals surface area (Å²) >= 11 is 0. The first-order chi connectivity index (χ1) is 14.0. The van der Waals surface area contributed by atoms with Crippen molar-refractivity contribution in [2.75, 3.05) is 26.2 Å². The molecule has 162 valence electrons. The van der Waals surface area contributed by atoms with Gasteiger partial charge in [0.1, 0.15) is 6.54 Å². The number of benzene rings is 1. The summed E-state index contributed by atoms with van der Waals surface area (Å²) in [7, 11) is -3.70. The number of aromatic nitrogens is 1. The molecular weight excluding hydrogens is 423 g/mol. The highest BCUT2D eigenvalue weighted by Crippen LogP contribution is 2.28. The Bertz CT molecular complexity index is 1090. The first kappa shape index (κ1) is 22.0. The van der Waals surface area contributed by atoms with Crippen LogP contribution in [-0.2, 0) is 27.5 Å². The van der Waals surface area contributed by atoms with Crippen LogP contribution in [0.15, 0.2) is 52.3 Å². The highest BCUT2D eigenvalue weighted by molar-refractivity contribution is 7.89. The predicted molar refractivity (Wildman–Crippen MR) is 102 cm³/mol. The van der Waals surface area contributed by atoms with Crippen molar-refractivity contribution in [3.8, 4) is 0 Å². The number of carbonyl (C=O) groups excluding carboxylic acids is 1. The quantitative estimate of drug-likeness (QED) is 0.721. The number of alkyl halides is 3. The summed E-state index contributed by atoms with van der Waals surface area (Å²) in [5, 5.41) is 0. The molecular formula is C19H20F3N3O4S. The van der Waals surface area contributed by atoms with Gasteiger partial charge in [-0.2, -0.15) is 17.5 Å². The molecule has 1 fully saturated rings. The number of amides is 1. The number of piperazine rings is 1. The average Bonchev–Trinajstić information content (AvgIpc) is 2.69. The van der Waals surface area contributed by atoms with E-state index < -0.39 is 39.8 Å². The minimum Gasteiger partial charge on any atom is -0.339 e. The van der Waals surface area contributed by atoms with E-state index >= 15 is 0 Å². The summed E-state index contributed by atoms with van der Waals surface area (Å²) in [6.45, 7) is 1.57. The van der Waals surface area contributed by atoms with E-state index in [2.05, 4.69) is 0 Å². The van der Waals surface area contributed by atoms with E-state index in [9.17, 15) is 31.2 Å². The largest absolute Gasteiger partial charge is 0.417 e. The van der Waals surface area contributed by atoms with E-state index in [-0.39, 0.29) is 31.1 Å². The average molecular weight is 443 g/mol. The number of nitrogens with zero attached hydrogens (tertiary/aromatic N) is 3. The Kier molecular flexibility index (Phi) is 6.04. The molecule has 0 N–H and O–H groups in total. The molecule has 0 spiro atoms. The highest BCUT2D eigenvalue weighted by atomic mass is 32.2. The fraction of sp³-hybridized carbons (Fsp3) is 0.368. The Morgan fingerprint density at radius 3 is 2.17 bits per heavy atom. The maximum atomic E-state index is 12.8. The van der Waals surface area contributed by atoms with Crippen molar-refractivity contribution in [2.45, 2.75) is 24.5 Å². The fourth-order valence-corrected chi connectivity index (χ4v) is 4.53. The van der Waals surface area contributed by atoms with Gasteiger partial charge in [0.15, 0.2) is 0 Å². The van der Waals surface area contributed by atoms with Crippen molar-refractivity contribution in [3.63, 3.8) is 0 Å². The Morgan fingerprint density at radius 1 is 1.00 bits per heavy atom. The Balaban J connectivity index is 1.66. The highest BCUT2D eigenvalue weighted by Gasteiger charge is 2.32. The van der Waals surface area contributed by atoms with Gasteiger partial charge < -0.3 is 9.47 Å². The van der Waals surface area contributed by atoms with Crippen molar-refractivity contribution >= 4 is 15.9 Å². The Labute approximate surface area is 171 Å². The van der Waals surface area contributed by atoms with E-state index in [0.29, 0.717) is 16.8 Å². The summed E-state index contributed by atoms with van der Waals surface area (Å²) in [5.41, 5.74) is -0.824. The summed E-state index contributed by atoms with van der Waals surface area (Å²) in [5.74, 6) is -0.552. The zero-order valence-electron chi connectivity index (χ0n) is 16.1. The van der Waals surface area contributed by atoms with Gasteiger partial charge in [0, 0.05) is 38.4 Å². The van der Waals surface area contributed by atoms with Crippen molar-refractivity contribution in [1.29, 1.82) is 0 Å². The molecule has 1 saturated heterocycles. The van der Waals surface area contributed by atoms with Crippen LogP contribution in [0.3, 0.4) is 0 Å². The molecule has 1 amide bonds. The molecule has 1 aromatic carbocycles. The van der Waals surface area contributed by atoms with Crippen LogP contribution in [0.4, 0.5) is 13.2 Å². The topological polar surface area (TPSA) is 79.7 Å². The zero-order valence-corrected chi connectivity index (χ0v) is 16.9. The number of aryl methyl sites for hydroxylation is 1. The number of carbonyl (C=O) groups is 1. The van der Waals surface area contributed by atoms with Crippen LogP contribution in [-0.4, -0.2) is 54.3 Å². The smallest absolute Gasteiger partial charge is 0.339 e. The lowest BCUT2D eigenvalue weighted by atomic mass is 10.2. The van der Waals surface area contributed by atoms with Gasteiger partial charge in [-0.15, -0.1) is 0 Å². The van der Waals surface area contributed by atoms with Crippen LogP contribution < -0.4 is 5.56 Å². The second kappa shape index (κ2) is 8.23. The summed E-state index contributed by atoms with van der Waals surface area (Å²) < 4.78 is 65.9. The van der Waals surface area contributed by atoms with Crippen LogP contribution in [0.2, 0.25) is 0 Å².